The summed E-state index contributed by atoms with van der Waals surface area (Å²) in [4.78, 5) is 0. The van der Waals surface area contributed by atoms with E-state index in [0.717, 1.165) is 0 Å². The number of allylic oxidation sites excluding steroid dienone is 4. The van der Waals surface area contributed by atoms with Crippen LogP contribution in [0.2, 0.25) is 0 Å². The fourth-order valence-corrected chi connectivity index (χ4v) is 6.82. The van der Waals surface area contributed by atoms with Crippen molar-refractivity contribution in [2.45, 2.75) is 53.9 Å². The first-order valence-electron chi connectivity index (χ1n) is 17.3. The van der Waals surface area contributed by atoms with Gasteiger partial charge in [0.15, 0.2) is 0 Å². The van der Waals surface area contributed by atoms with E-state index in [1.54, 1.807) is 0 Å². The first-order chi connectivity index (χ1) is 23.6. The van der Waals surface area contributed by atoms with E-state index in [1.807, 2.05) is 18.2 Å². The quantitative estimate of drug-likeness (QED) is 0.170. The number of hydrogen-bond acceptors (Lipinski definition) is 0. The van der Waals surface area contributed by atoms with Crippen LogP contribution >= 0.6 is 0 Å². The zero-order chi connectivity index (χ0) is 34.5. The maximum atomic E-state index is 2.35. The fraction of sp³-hybridized carbons (Fsp3) is 0.167. The Labute approximate surface area is 292 Å². The van der Waals surface area contributed by atoms with E-state index < -0.39 is 0 Å². The Morgan fingerprint density at radius 2 is 1.12 bits per heavy atom. The molecule has 0 saturated carbocycles. The number of aryl methyl sites for hydroxylation is 2. The molecule has 0 fully saturated rings. The first kappa shape index (κ1) is 33.5. The molecule has 1 aliphatic carbocycles. The van der Waals surface area contributed by atoms with Gasteiger partial charge in [0, 0.05) is 21.9 Å². The van der Waals surface area contributed by atoms with Crippen molar-refractivity contribution in [3.8, 4) is 16.8 Å². The van der Waals surface area contributed by atoms with E-state index in [-0.39, 0.29) is 5.41 Å². The zero-order valence-electron chi connectivity index (χ0n) is 30.0. The van der Waals surface area contributed by atoms with Crippen molar-refractivity contribution in [3.05, 3.63) is 191 Å². The largest absolute Gasteiger partial charge is 0.309 e. The third-order valence-corrected chi connectivity index (χ3v) is 9.49. The monoisotopic (exact) mass is 637 g/mol. The highest BCUT2D eigenvalue weighted by Crippen LogP contribution is 2.49. The molecule has 0 saturated heterocycles. The zero-order valence-corrected chi connectivity index (χ0v) is 30.0. The number of rotatable bonds is 3. The van der Waals surface area contributed by atoms with Crippen molar-refractivity contribution in [2.24, 2.45) is 0 Å². The highest BCUT2D eigenvalue weighted by molar-refractivity contribution is 6.09. The van der Waals surface area contributed by atoms with Gasteiger partial charge in [0.05, 0.1) is 11.0 Å². The molecular weight excluding hydrogens is 591 g/mol. The van der Waals surface area contributed by atoms with Crippen molar-refractivity contribution in [1.29, 1.82) is 0 Å². The Morgan fingerprint density at radius 1 is 0.510 bits per heavy atom. The van der Waals surface area contributed by atoms with Gasteiger partial charge in [-0.05, 0) is 104 Å². The molecule has 0 atom stereocenters. The van der Waals surface area contributed by atoms with E-state index in [4.69, 9.17) is 0 Å². The van der Waals surface area contributed by atoms with Crippen molar-refractivity contribution < 1.29 is 0 Å². The first-order valence-corrected chi connectivity index (χ1v) is 17.3. The van der Waals surface area contributed by atoms with Crippen molar-refractivity contribution in [1.82, 2.24) is 4.57 Å². The molecule has 0 unspecified atom stereocenters. The van der Waals surface area contributed by atoms with E-state index in [2.05, 4.69) is 193 Å². The molecule has 1 heterocycles. The summed E-state index contributed by atoms with van der Waals surface area (Å²) in [6.07, 6.45) is 4.39. The molecule has 8 rings (SSSR count). The second kappa shape index (κ2) is 14.4. The molecule has 7 aromatic rings. The molecule has 49 heavy (non-hydrogen) atoms. The molecular formula is C48H47N. The van der Waals surface area contributed by atoms with Crippen molar-refractivity contribution in [3.63, 3.8) is 0 Å². The third kappa shape index (κ3) is 7.08. The van der Waals surface area contributed by atoms with Crippen LogP contribution in [0.25, 0.3) is 44.2 Å². The molecule has 6 aromatic carbocycles. The molecule has 0 spiro atoms. The van der Waals surface area contributed by atoms with Crippen LogP contribution in [-0.4, -0.2) is 4.57 Å². The van der Waals surface area contributed by atoms with Crippen molar-refractivity contribution in [2.75, 3.05) is 0 Å². The molecule has 0 N–H and O–H groups in total. The minimum absolute atomic E-state index is 0.0992. The lowest BCUT2D eigenvalue weighted by Crippen LogP contribution is -2.14. The third-order valence-electron chi connectivity index (χ3n) is 9.49. The summed E-state index contributed by atoms with van der Waals surface area (Å²) in [6, 6.07) is 51.8. The van der Waals surface area contributed by atoms with E-state index in [9.17, 15) is 0 Å². The standard InChI is InChI=1S/C22H24.C19H15N.C7H8/c1-15(2)10-11-16(3)17-12-13-21-19(14-17)18-8-6-7-9-20(18)22(21,4)5;1-14-11-12-17-16-9-5-6-10-18(16)20(19(17)13-14)15-7-3-2-4-8-15;1-7-5-3-2-4-6-7/h6-14H,1-5H3;2-13H,1H3;2-6H,1H3/b16-11+;;. The molecule has 1 aromatic heterocycles. The van der Waals surface area contributed by atoms with Gasteiger partial charge in [0.2, 0.25) is 0 Å². The van der Waals surface area contributed by atoms with Crippen LogP contribution in [-0.2, 0) is 5.41 Å². The van der Waals surface area contributed by atoms with Gasteiger partial charge in [-0.1, -0.05) is 152 Å². The van der Waals surface area contributed by atoms with E-state index in [0.29, 0.717) is 0 Å². The van der Waals surface area contributed by atoms with Crippen molar-refractivity contribution >= 4 is 27.4 Å². The van der Waals surface area contributed by atoms with Crippen LogP contribution in [0.3, 0.4) is 0 Å². The number of aromatic nitrogens is 1. The minimum Gasteiger partial charge on any atom is -0.309 e. The average molecular weight is 638 g/mol. The molecule has 244 valence electrons. The molecule has 0 aliphatic heterocycles. The molecule has 0 bridgehead atoms. The van der Waals surface area contributed by atoms with Gasteiger partial charge in [-0.25, -0.2) is 0 Å². The number of benzene rings is 6. The summed E-state index contributed by atoms with van der Waals surface area (Å²) in [5.74, 6) is 0. The Bertz CT molecular complexity index is 2270. The second-order valence-corrected chi connectivity index (χ2v) is 13.9. The summed E-state index contributed by atoms with van der Waals surface area (Å²) in [7, 11) is 0. The van der Waals surface area contributed by atoms with Gasteiger partial charge in [0.25, 0.3) is 0 Å². The topological polar surface area (TPSA) is 4.93 Å². The van der Waals surface area contributed by atoms with Crippen LogP contribution in [0, 0.1) is 13.8 Å². The summed E-state index contributed by atoms with van der Waals surface area (Å²) < 4.78 is 2.34. The van der Waals surface area contributed by atoms with Crippen LogP contribution in [0.5, 0.6) is 0 Å². The van der Waals surface area contributed by atoms with Gasteiger partial charge in [0.1, 0.15) is 0 Å². The van der Waals surface area contributed by atoms with Gasteiger partial charge >= 0.3 is 0 Å². The smallest absolute Gasteiger partial charge is 0.0543 e. The summed E-state index contributed by atoms with van der Waals surface area (Å²) >= 11 is 0. The highest BCUT2D eigenvalue weighted by atomic mass is 15.0. The average Bonchev–Trinajstić information content (AvgIpc) is 3.56. The number of hydrogen-bond donors (Lipinski definition) is 0. The SMILES string of the molecule is CC(C)=C/C=C(\C)c1ccc2c(c1)-c1ccccc1C2(C)C.Cc1ccc2c3ccccc3n(-c3ccccc3)c2c1.Cc1ccccc1. The van der Waals surface area contributed by atoms with Crippen LogP contribution < -0.4 is 0 Å². The Hall–Kier alpha value is -5.40. The lowest BCUT2D eigenvalue weighted by molar-refractivity contribution is 0.660. The van der Waals surface area contributed by atoms with Gasteiger partial charge < -0.3 is 4.57 Å². The highest BCUT2D eigenvalue weighted by Gasteiger charge is 2.34. The molecule has 1 heteroatoms. The van der Waals surface area contributed by atoms with Gasteiger partial charge in [-0.15, -0.1) is 0 Å². The Kier molecular flexibility index (Phi) is 9.83. The number of fused-ring (bicyclic) bond motifs is 6. The molecule has 0 radical (unpaired) electrons. The summed E-state index contributed by atoms with van der Waals surface area (Å²) in [6.45, 7) is 15.3. The molecule has 0 amide bonds. The van der Waals surface area contributed by atoms with Gasteiger partial charge in [-0.3, -0.25) is 0 Å². The van der Waals surface area contributed by atoms with E-state index >= 15 is 0 Å². The predicted molar refractivity (Wildman–Crippen MR) is 214 cm³/mol. The van der Waals surface area contributed by atoms with Crippen LogP contribution in [0.1, 0.15) is 62.4 Å². The predicted octanol–water partition coefficient (Wildman–Crippen LogP) is 13.4. The normalized spacial score (nSPS) is 12.7. The van der Waals surface area contributed by atoms with Gasteiger partial charge in [-0.2, -0.15) is 0 Å². The summed E-state index contributed by atoms with van der Waals surface area (Å²) in [5.41, 5.74) is 16.1. The second-order valence-electron chi connectivity index (χ2n) is 13.9. The van der Waals surface area contributed by atoms with Crippen LogP contribution in [0.15, 0.2) is 163 Å². The van der Waals surface area contributed by atoms with E-state index in [1.165, 1.54) is 77.6 Å². The lowest BCUT2D eigenvalue weighted by Gasteiger charge is -2.21. The number of para-hydroxylation sites is 2. The lowest BCUT2D eigenvalue weighted by atomic mass is 9.82. The minimum atomic E-state index is 0.0992. The van der Waals surface area contributed by atoms with Crippen LogP contribution in [0.4, 0.5) is 0 Å². The molecule has 1 nitrogen and oxygen atoms in total. The summed E-state index contributed by atoms with van der Waals surface area (Å²) in [5, 5.41) is 2.63. The maximum absolute atomic E-state index is 2.35. The number of nitrogens with zero attached hydrogens (tertiary/aromatic N) is 1. The maximum Gasteiger partial charge on any atom is 0.0543 e. The Balaban J connectivity index is 0.000000143. The Morgan fingerprint density at radius 3 is 1.82 bits per heavy atom. The molecule has 1 aliphatic rings. The fourth-order valence-electron chi connectivity index (χ4n) is 6.82.